The molecule has 0 bridgehead atoms. The molecule has 0 saturated carbocycles. The van der Waals surface area contributed by atoms with Gasteiger partial charge in [-0.05, 0) is 13.0 Å². The number of nitrogens with one attached hydrogen (secondary N) is 1. The maximum Gasteiger partial charge on any atom is 0.228 e. The summed E-state index contributed by atoms with van der Waals surface area (Å²) >= 11 is 0. The Morgan fingerprint density at radius 2 is 2.14 bits per heavy atom. The van der Waals surface area contributed by atoms with Crippen LogP contribution in [0, 0.1) is 6.92 Å². The molecule has 1 N–H and O–H groups in total. The summed E-state index contributed by atoms with van der Waals surface area (Å²) in [5.41, 5.74) is 0.935. The number of hydrogen-bond donors (Lipinski definition) is 1. The van der Waals surface area contributed by atoms with Crippen molar-refractivity contribution < 1.29 is 0 Å². The van der Waals surface area contributed by atoms with E-state index in [0.29, 0.717) is 5.95 Å². The molecule has 0 spiro atoms. The van der Waals surface area contributed by atoms with Crippen LogP contribution in [-0.4, -0.2) is 19.7 Å². The van der Waals surface area contributed by atoms with Crippen molar-refractivity contribution in [2.45, 2.75) is 6.92 Å². The fourth-order valence-corrected chi connectivity index (χ4v) is 1.12. The van der Waals surface area contributed by atoms with Crippen molar-refractivity contribution in [2.75, 3.05) is 5.32 Å². The quantitative estimate of drug-likeness (QED) is 0.772. The Labute approximate surface area is 81.8 Å². The molecule has 0 fully saturated rings. The van der Waals surface area contributed by atoms with Crippen molar-refractivity contribution in [1.29, 1.82) is 0 Å². The van der Waals surface area contributed by atoms with E-state index in [9.17, 15) is 0 Å². The first-order valence-electron chi connectivity index (χ1n) is 4.30. The molecule has 0 radical (unpaired) electrons. The zero-order chi connectivity index (χ0) is 9.97. The first-order valence-corrected chi connectivity index (χ1v) is 4.30. The first-order chi connectivity index (χ1) is 6.75. The van der Waals surface area contributed by atoms with Crippen LogP contribution in [0.15, 0.2) is 24.5 Å². The number of hydrogen-bond acceptors (Lipinski definition) is 4. The van der Waals surface area contributed by atoms with Crippen molar-refractivity contribution in [3.63, 3.8) is 0 Å². The zero-order valence-corrected chi connectivity index (χ0v) is 8.10. The molecule has 2 rings (SSSR count). The molecule has 0 aliphatic rings. The number of rotatable bonds is 2. The smallest absolute Gasteiger partial charge is 0.228 e. The molecule has 0 amide bonds. The summed E-state index contributed by atoms with van der Waals surface area (Å²) in [7, 11) is 1.86. The fraction of sp³-hybridized carbons (Fsp3) is 0.222. The lowest BCUT2D eigenvalue weighted by molar-refractivity contribution is 0.775. The van der Waals surface area contributed by atoms with Crippen molar-refractivity contribution in [1.82, 2.24) is 19.7 Å². The molecule has 0 saturated heterocycles. The predicted molar refractivity (Wildman–Crippen MR) is 53.3 cm³/mol. The van der Waals surface area contributed by atoms with E-state index >= 15 is 0 Å². The minimum Gasteiger partial charge on any atom is -0.309 e. The van der Waals surface area contributed by atoms with Crippen LogP contribution in [0.5, 0.6) is 0 Å². The number of aryl methyl sites for hydroxylation is 2. The third kappa shape index (κ3) is 1.71. The van der Waals surface area contributed by atoms with E-state index < -0.39 is 0 Å². The summed E-state index contributed by atoms with van der Waals surface area (Å²) in [4.78, 5) is 8.32. The highest BCUT2D eigenvalue weighted by Crippen LogP contribution is 2.09. The van der Waals surface area contributed by atoms with Gasteiger partial charge in [0.1, 0.15) is 5.82 Å². The normalized spacial score (nSPS) is 10.1. The lowest BCUT2D eigenvalue weighted by Gasteiger charge is -2.04. The molecule has 0 aliphatic heterocycles. The van der Waals surface area contributed by atoms with Crippen LogP contribution < -0.4 is 5.32 Å². The van der Waals surface area contributed by atoms with Gasteiger partial charge in [0.2, 0.25) is 5.95 Å². The Morgan fingerprint density at radius 3 is 2.79 bits per heavy atom. The summed E-state index contributed by atoms with van der Waals surface area (Å²) in [5.74, 6) is 1.46. The van der Waals surface area contributed by atoms with E-state index in [1.807, 2.05) is 26.1 Å². The van der Waals surface area contributed by atoms with Gasteiger partial charge in [0.15, 0.2) is 0 Å². The Hall–Kier alpha value is -1.91. The minimum atomic E-state index is 0.591. The third-order valence-electron chi connectivity index (χ3n) is 1.86. The highest BCUT2D eigenvalue weighted by Gasteiger charge is 2.00. The van der Waals surface area contributed by atoms with Gasteiger partial charge in [-0.15, -0.1) is 0 Å². The molecule has 0 unspecified atom stereocenters. The van der Waals surface area contributed by atoms with Gasteiger partial charge in [0, 0.05) is 25.0 Å². The molecule has 14 heavy (non-hydrogen) atoms. The maximum absolute atomic E-state index is 4.23. The number of aromatic nitrogens is 4. The van der Waals surface area contributed by atoms with E-state index in [1.165, 1.54) is 0 Å². The molecule has 2 aromatic rings. The van der Waals surface area contributed by atoms with Gasteiger partial charge in [-0.2, -0.15) is 5.10 Å². The van der Waals surface area contributed by atoms with Crippen LogP contribution >= 0.6 is 0 Å². The summed E-state index contributed by atoms with van der Waals surface area (Å²) in [6.07, 6.45) is 3.44. The fourth-order valence-electron chi connectivity index (χ4n) is 1.12. The molecule has 2 heterocycles. The van der Waals surface area contributed by atoms with Gasteiger partial charge in [-0.3, -0.25) is 4.68 Å². The van der Waals surface area contributed by atoms with Crippen LogP contribution in [0.3, 0.4) is 0 Å². The largest absolute Gasteiger partial charge is 0.309 e. The second-order valence-electron chi connectivity index (χ2n) is 2.99. The van der Waals surface area contributed by atoms with Crippen LogP contribution in [0.4, 0.5) is 11.8 Å². The van der Waals surface area contributed by atoms with E-state index in [1.54, 1.807) is 17.1 Å². The molecule has 5 heteroatoms. The van der Waals surface area contributed by atoms with Crippen molar-refractivity contribution >= 4 is 11.8 Å². The zero-order valence-electron chi connectivity index (χ0n) is 8.10. The molecular weight excluding hydrogens is 178 g/mol. The van der Waals surface area contributed by atoms with E-state index in [0.717, 1.165) is 11.5 Å². The molecule has 72 valence electrons. The average molecular weight is 189 g/mol. The summed E-state index contributed by atoms with van der Waals surface area (Å²) in [5, 5.41) is 7.11. The Bertz CT molecular complexity index is 434. The van der Waals surface area contributed by atoms with Crippen LogP contribution in [0.2, 0.25) is 0 Å². The Balaban J connectivity index is 2.23. The molecule has 0 atom stereocenters. The monoisotopic (exact) mass is 189 g/mol. The van der Waals surface area contributed by atoms with Crippen molar-refractivity contribution in [2.24, 2.45) is 7.05 Å². The first kappa shape index (κ1) is 8.68. The summed E-state index contributed by atoms with van der Waals surface area (Å²) in [6, 6.07) is 3.72. The minimum absolute atomic E-state index is 0.591. The van der Waals surface area contributed by atoms with Gasteiger partial charge >= 0.3 is 0 Å². The Kier molecular flexibility index (Phi) is 2.14. The van der Waals surface area contributed by atoms with Crippen LogP contribution in [-0.2, 0) is 7.05 Å². The van der Waals surface area contributed by atoms with Crippen molar-refractivity contribution in [3.05, 3.63) is 30.2 Å². The van der Waals surface area contributed by atoms with Gasteiger partial charge in [-0.1, -0.05) is 0 Å². The lowest BCUT2D eigenvalue weighted by atomic mass is 10.5. The summed E-state index contributed by atoms with van der Waals surface area (Å²) in [6.45, 7) is 1.93. The predicted octanol–water partition coefficient (Wildman–Crippen LogP) is 1.26. The number of anilines is 2. The highest BCUT2D eigenvalue weighted by atomic mass is 15.3. The van der Waals surface area contributed by atoms with E-state index in [2.05, 4.69) is 20.4 Å². The van der Waals surface area contributed by atoms with Crippen molar-refractivity contribution in [3.8, 4) is 0 Å². The van der Waals surface area contributed by atoms with Gasteiger partial charge in [0.05, 0.1) is 6.20 Å². The van der Waals surface area contributed by atoms with Gasteiger partial charge < -0.3 is 5.32 Å². The SMILES string of the molecule is Cc1ccnc(Nc2ccnn2C)n1. The number of nitrogens with zero attached hydrogens (tertiary/aromatic N) is 4. The lowest BCUT2D eigenvalue weighted by Crippen LogP contribution is -2.02. The second-order valence-corrected chi connectivity index (χ2v) is 2.99. The average Bonchev–Trinajstić information content (AvgIpc) is 2.52. The van der Waals surface area contributed by atoms with E-state index in [4.69, 9.17) is 0 Å². The third-order valence-corrected chi connectivity index (χ3v) is 1.86. The molecule has 0 aromatic carbocycles. The molecule has 0 aliphatic carbocycles. The molecule has 5 nitrogen and oxygen atoms in total. The molecular formula is C9H11N5. The maximum atomic E-state index is 4.23. The van der Waals surface area contributed by atoms with E-state index in [-0.39, 0.29) is 0 Å². The topological polar surface area (TPSA) is 55.6 Å². The van der Waals surface area contributed by atoms with Gasteiger partial charge in [-0.25, -0.2) is 9.97 Å². The van der Waals surface area contributed by atoms with Gasteiger partial charge in [0.25, 0.3) is 0 Å². The standard InChI is InChI=1S/C9H11N5/c1-7-3-5-10-9(12-7)13-8-4-6-11-14(8)2/h3-6H,1-2H3,(H,10,12,13). The van der Waals surface area contributed by atoms with Crippen LogP contribution in [0.1, 0.15) is 5.69 Å². The highest BCUT2D eigenvalue weighted by molar-refractivity contribution is 5.47. The molecule has 2 aromatic heterocycles. The second kappa shape index (κ2) is 3.45. The van der Waals surface area contributed by atoms with Crippen LogP contribution in [0.25, 0.3) is 0 Å². The summed E-state index contributed by atoms with van der Waals surface area (Å²) < 4.78 is 1.73. The Morgan fingerprint density at radius 1 is 1.29 bits per heavy atom.